The predicted molar refractivity (Wildman–Crippen MR) is 92.2 cm³/mol. The highest BCUT2D eigenvalue weighted by Gasteiger charge is 2.32. The zero-order valence-electron chi connectivity index (χ0n) is 13.4. The Bertz CT molecular complexity index is 1060. The largest absolute Gasteiger partial charge is 0.307 e. The van der Waals surface area contributed by atoms with Gasteiger partial charge in [0.1, 0.15) is 0 Å². The summed E-state index contributed by atoms with van der Waals surface area (Å²) in [5, 5.41) is 1.41. The molecule has 0 fully saturated rings. The fourth-order valence-electron chi connectivity index (χ4n) is 3.54. The number of nitrogens with zero attached hydrogens (tertiary/aromatic N) is 1. The number of pyridine rings is 1. The lowest BCUT2D eigenvalue weighted by atomic mass is 9.98. The van der Waals surface area contributed by atoms with E-state index in [4.69, 9.17) is 0 Å². The molecule has 0 saturated heterocycles. The molecule has 0 amide bonds. The van der Waals surface area contributed by atoms with Crippen LogP contribution in [0.25, 0.3) is 22.0 Å². The van der Waals surface area contributed by atoms with E-state index in [1.165, 1.54) is 0 Å². The molecule has 3 aromatic rings. The molecule has 1 aromatic heterocycles. The average molecular weight is 303 g/mol. The zero-order valence-corrected chi connectivity index (χ0v) is 13.4. The standard InChI is InChI=1S/C20H17NO2/c1-4-21-18-13-7-5-6-8-14(13)19(22)17(18)15-9-11(2)12(3)10-16(15)20(21)23/h5-10H,4H2,1-3H3. The van der Waals surface area contributed by atoms with E-state index in [0.29, 0.717) is 23.1 Å². The molecule has 0 bridgehead atoms. The Morgan fingerprint density at radius 2 is 1.52 bits per heavy atom. The summed E-state index contributed by atoms with van der Waals surface area (Å²) >= 11 is 0. The summed E-state index contributed by atoms with van der Waals surface area (Å²) in [5.74, 6) is 0.0195. The molecule has 0 radical (unpaired) electrons. The maximum atomic E-state index is 13.0. The lowest BCUT2D eigenvalue weighted by Crippen LogP contribution is -2.22. The molecule has 1 aliphatic carbocycles. The van der Waals surface area contributed by atoms with E-state index in [-0.39, 0.29) is 11.3 Å². The van der Waals surface area contributed by atoms with Crippen LogP contribution in [0.15, 0.2) is 41.2 Å². The van der Waals surface area contributed by atoms with Gasteiger partial charge in [0, 0.05) is 28.4 Å². The first-order chi connectivity index (χ1) is 11.0. The number of carbonyl (C=O) groups is 1. The molecule has 3 nitrogen and oxygen atoms in total. The van der Waals surface area contributed by atoms with E-state index >= 15 is 0 Å². The molecule has 0 spiro atoms. The summed E-state index contributed by atoms with van der Waals surface area (Å²) in [6.45, 7) is 6.50. The number of aryl methyl sites for hydroxylation is 2. The van der Waals surface area contributed by atoms with Crippen molar-refractivity contribution in [3.63, 3.8) is 0 Å². The third-order valence-corrected chi connectivity index (χ3v) is 4.86. The van der Waals surface area contributed by atoms with Gasteiger partial charge in [-0.1, -0.05) is 30.3 Å². The van der Waals surface area contributed by atoms with E-state index in [2.05, 4.69) is 0 Å². The highest BCUT2D eigenvalue weighted by atomic mass is 16.1. The van der Waals surface area contributed by atoms with Gasteiger partial charge in [0.2, 0.25) is 0 Å². The molecule has 0 saturated carbocycles. The van der Waals surface area contributed by atoms with Gasteiger partial charge in [-0.3, -0.25) is 9.59 Å². The Balaban J connectivity index is 2.28. The second-order valence-corrected chi connectivity index (χ2v) is 6.13. The second kappa shape index (κ2) is 4.66. The van der Waals surface area contributed by atoms with Gasteiger partial charge in [0.15, 0.2) is 5.78 Å². The number of ketones is 1. The average Bonchev–Trinajstić information content (AvgIpc) is 2.84. The smallest absolute Gasteiger partial charge is 0.258 e. The molecular weight excluding hydrogens is 286 g/mol. The maximum absolute atomic E-state index is 13.0. The summed E-state index contributed by atoms with van der Waals surface area (Å²) in [5.41, 5.74) is 5.15. The number of rotatable bonds is 1. The van der Waals surface area contributed by atoms with Gasteiger partial charge >= 0.3 is 0 Å². The summed E-state index contributed by atoms with van der Waals surface area (Å²) in [6.07, 6.45) is 0. The molecule has 0 N–H and O–H groups in total. The molecule has 0 atom stereocenters. The first-order valence-corrected chi connectivity index (χ1v) is 7.86. The number of hydrogen-bond donors (Lipinski definition) is 0. The van der Waals surface area contributed by atoms with Crippen molar-refractivity contribution < 1.29 is 4.79 Å². The number of carbonyl (C=O) groups excluding carboxylic acids is 1. The van der Waals surface area contributed by atoms with Gasteiger partial charge in [-0.25, -0.2) is 0 Å². The highest BCUT2D eigenvalue weighted by molar-refractivity contribution is 6.26. The lowest BCUT2D eigenvalue weighted by molar-refractivity contribution is 0.104. The molecule has 114 valence electrons. The van der Waals surface area contributed by atoms with Gasteiger partial charge in [-0.2, -0.15) is 0 Å². The normalized spacial score (nSPS) is 12.6. The fourth-order valence-corrected chi connectivity index (χ4v) is 3.54. The van der Waals surface area contributed by atoms with Crippen molar-refractivity contribution in [3.8, 4) is 11.3 Å². The van der Waals surface area contributed by atoms with Crippen molar-refractivity contribution in [3.05, 3.63) is 69.0 Å². The Morgan fingerprint density at radius 1 is 0.913 bits per heavy atom. The Hall–Kier alpha value is -2.68. The van der Waals surface area contributed by atoms with Crippen LogP contribution < -0.4 is 5.56 Å². The summed E-state index contributed by atoms with van der Waals surface area (Å²) in [6, 6.07) is 11.4. The van der Waals surface area contributed by atoms with E-state index in [1.54, 1.807) is 4.57 Å². The molecule has 1 aliphatic rings. The van der Waals surface area contributed by atoms with Crippen LogP contribution in [0.2, 0.25) is 0 Å². The molecule has 1 heterocycles. The quantitative estimate of drug-likeness (QED) is 0.536. The van der Waals surface area contributed by atoms with Gasteiger partial charge in [-0.05, 0) is 38.0 Å². The van der Waals surface area contributed by atoms with Crippen LogP contribution in [0, 0.1) is 13.8 Å². The Morgan fingerprint density at radius 3 is 2.17 bits per heavy atom. The number of benzene rings is 2. The van der Waals surface area contributed by atoms with Crippen LogP contribution in [0.4, 0.5) is 0 Å². The van der Waals surface area contributed by atoms with Crippen molar-refractivity contribution in [2.45, 2.75) is 27.3 Å². The number of fused-ring (bicyclic) bond motifs is 5. The SMILES string of the molecule is CCn1c2c(c3cc(C)c(C)cc3c1=O)C(=O)c1ccccc1-2. The molecule has 4 rings (SSSR count). The van der Waals surface area contributed by atoms with Crippen molar-refractivity contribution in [1.29, 1.82) is 0 Å². The van der Waals surface area contributed by atoms with Crippen LogP contribution >= 0.6 is 0 Å². The Labute approximate surface area is 134 Å². The van der Waals surface area contributed by atoms with Crippen LogP contribution in [0.1, 0.15) is 34.0 Å². The molecule has 23 heavy (non-hydrogen) atoms. The molecule has 3 heteroatoms. The van der Waals surface area contributed by atoms with Crippen molar-refractivity contribution >= 4 is 16.6 Å². The van der Waals surface area contributed by atoms with Crippen LogP contribution in [0.5, 0.6) is 0 Å². The number of hydrogen-bond acceptors (Lipinski definition) is 2. The van der Waals surface area contributed by atoms with Gasteiger partial charge in [0.05, 0.1) is 11.3 Å². The van der Waals surface area contributed by atoms with Crippen molar-refractivity contribution in [1.82, 2.24) is 4.57 Å². The zero-order chi connectivity index (χ0) is 16.3. The molecule has 0 unspecified atom stereocenters. The van der Waals surface area contributed by atoms with Gasteiger partial charge in [-0.15, -0.1) is 0 Å². The second-order valence-electron chi connectivity index (χ2n) is 6.13. The minimum absolute atomic E-state index is 0.0195. The number of aromatic nitrogens is 1. The van der Waals surface area contributed by atoms with E-state index < -0.39 is 0 Å². The third kappa shape index (κ3) is 1.70. The van der Waals surface area contributed by atoms with E-state index in [9.17, 15) is 9.59 Å². The summed E-state index contributed by atoms with van der Waals surface area (Å²) < 4.78 is 1.73. The molecule has 0 aliphatic heterocycles. The summed E-state index contributed by atoms with van der Waals surface area (Å²) in [4.78, 5) is 25.9. The van der Waals surface area contributed by atoms with Crippen molar-refractivity contribution in [2.24, 2.45) is 0 Å². The topological polar surface area (TPSA) is 39.1 Å². The van der Waals surface area contributed by atoms with Gasteiger partial charge < -0.3 is 4.57 Å². The minimum atomic E-state index is -0.0196. The fraction of sp³-hybridized carbons (Fsp3) is 0.200. The minimum Gasteiger partial charge on any atom is -0.307 e. The van der Waals surface area contributed by atoms with Crippen LogP contribution in [0.3, 0.4) is 0 Å². The van der Waals surface area contributed by atoms with Crippen LogP contribution in [-0.2, 0) is 6.54 Å². The first kappa shape index (κ1) is 13.9. The van der Waals surface area contributed by atoms with Gasteiger partial charge in [0.25, 0.3) is 5.56 Å². The first-order valence-electron chi connectivity index (χ1n) is 7.86. The maximum Gasteiger partial charge on any atom is 0.258 e. The van der Waals surface area contributed by atoms with E-state index in [1.807, 2.05) is 57.2 Å². The predicted octanol–water partition coefficient (Wildman–Crippen LogP) is 3.85. The third-order valence-electron chi connectivity index (χ3n) is 4.86. The van der Waals surface area contributed by atoms with Crippen molar-refractivity contribution in [2.75, 3.05) is 0 Å². The molecular formula is C20H17NO2. The summed E-state index contributed by atoms with van der Waals surface area (Å²) in [7, 11) is 0. The van der Waals surface area contributed by atoms with Crippen LogP contribution in [-0.4, -0.2) is 10.4 Å². The highest BCUT2D eigenvalue weighted by Crippen LogP contribution is 2.39. The monoisotopic (exact) mass is 303 g/mol. The molecule has 2 aromatic carbocycles. The lowest BCUT2D eigenvalue weighted by Gasteiger charge is -2.14. The van der Waals surface area contributed by atoms with E-state index in [0.717, 1.165) is 27.8 Å². The Kier molecular flexibility index (Phi) is 2.82.